The fourth-order valence-electron chi connectivity index (χ4n) is 2.29. The van der Waals surface area contributed by atoms with E-state index in [2.05, 4.69) is 37.4 Å². The molecule has 0 amide bonds. The first kappa shape index (κ1) is 14.8. The van der Waals surface area contributed by atoms with E-state index in [-0.39, 0.29) is 6.04 Å². The number of alkyl halides is 1. The Balaban J connectivity index is 2.54. The number of fused-ring (bicyclic) bond motifs is 1. The van der Waals surface area contributed by atoms with Gasteiger partial charge in [-0.3, -0.25) is 0 Å². The first-order valence-electron chi connectivity index (χ1n) is 6.28. The number of pyridine rings is 1. The predicted molar refractivity (Wildman–Crippen MR) is 80.6 cm³/mol. The molecular formula is C13H17BrClN3O. The van der Waals surface area contributed by atoms with E-state index in [4.69, 9.17) is 16.3 Å². The van der Waals surface area contributed by atoms with Crippen molar-refractivity contribution in [3.63, 3.8) is 0 Å². The van der Waals surface area contributed by atoms with Crippen molar-refractivity contribution in [3.05, 3.63) is 22.6 Å². The molecule has 0 aliphatic heterocycles. The molecule has 0 spiro atoms. The Kier molecular flexibility index (Phi) is 5.19. The van der Waals surface area contributed by atoms with Gasteiger partial charge in [-0.1, -0.05) is 13.3 Å². The van der Waals surface area contributed by atoms with E-state index in [0.717, 1.165) is 34.3 Å². The van der Waals surface area contributed by atoms with Crippen LogP contribution in [-0.2, 0) is 10.6 Å². The summed E-state index contributed by atoms with van der Waals surface area (Å²) >= 11 is 9.44. The minimum atomic E-state index is 0.224. The van der Waals surface area contributed by atoms with Crippen LogP contribution in [0.3, 0.4) is 0 Å². The van der Waals surface area contributed by atoms with Gasteiger partial charge in [0.05, 0.1) is 18.5 Å². The van der Waals surface area contributed by atoms with Crippen molar-refractivity contribution in [2.45, 2.75) is 31.7 Å². The van der Waals surface area contributed by atoms with Gasteiger partial charge in [0.25, 0.3) is 0 Å². The highest BCUT2D eigenvalue weighted by Gasteiger charge is 2.19. The number of aromatic nitrogens is 3. The number of imidazole rings is 1. The van der Waals surface area contributed by atoms with Gasteiger partial charge in [-0.15, -0.1) is 11.6 Å². The summed E-state index contributed by atoms with van der Waals surface area (Å²) in [5.41, 5.74) is 1.73. The Hall–Kier alpha value is -0.650. The molecule has 0 saturated heterocycles. The topological polar surface area (TPSA) is 39.9 Å². The lowest BCUT2D eigenvalue weighted by Gasteiger charge is -2.19. The maximum Gasteiger partial charge on any atom is 0.160 e. The molecular weight excluding hydrogens is 330 g/mol. The summed E-state index contributed by atoms with van der Waals surface area (Å²) in [5.74, 6) is 1.22. The van der Waals surface area contributed by atoms with Gasteiger partial charge < -0.3 is 9.30 Å². The molecule has 4 nitrogen and oxygen atoms in total. The third-order valence-electron chi connectivity index (χ3n) is 3.04. The van der Waals surface area contributed by atoms with Crippen LogP contribution in [0.25, 0.3) is 11.2 Å². The Bertz CT molecular complexity index is 552. The van der Waals surface area contributed by atoms with E-state index in [0.29, 0.717) is 12.5 Å². The lowest BCUT2D eigenvalue weighted by molar-refractivity contribution is 0.151. The molecule has 0 radical (unpaired) electrons. The maximum atomic E-state index is 6.02. The summed E-state index contributed by atoms with van der Waals surface area (Å²) < 4.78 is 8.36. The van der Waals surface area contributed by atoms with Crippen LogP contribution in [0.4, 0.5) is 0 Å². The van der Waals surface area contributed by atoms with Crippen LogP contribution in [0.5, 0.6) is 0 Å². The smallest absolute Gasteiger partial charge is 0.160 e. The lowest BCUT2D eigenvalue weighted by atomic mass is 10.1. The second kappa shape index (κ2) is 6.68. The summed E-state index contributed by atoms with van der Waals surface area (Å²) in [7, 11) is 1.71. The second-order valence-electron chi connectivity index (χ2n) is 4.43. The van der Waals surface area contributed by atoms with E-state index < -0.39 is 0 Å². The zero-order valence-corrected chi connectivity index (χ0v) is 13.4. The molecule has 1 unspecified atom stereocenters. The molecule has 0 N–H and O–H groups in total. The quantitative estimate of drug-likeness (QED) is 0.744. The highest BCUT2D eigenvalue weighted by atomic mass is 79.9. The molecule has 0 bridgehead atoms. The van der Waals surface area contributed by atoms with Crippen molar-refractivity contribution >= 4 is 38.7 Å². The third-order valence-corrected chi connectivity index (χ3v) is 3.71. The number of rotatable bonds is 6. The van der Waals surface area contributed by atoms with Crippen LogP contribution >= 0.6 is 27.5 Å². The van der Waals surface area contributed by atoms with Crippen LogP contribution in [-0.4, -0.2) is 28.3 Å². The number of halogens is 2. The number of hydrogen-bond donors (Lipinski definition) is 0. The number of nitrogens with zero attached hydrogens (tertiary/aromatic N) is 3. The first-order valence-corrected chi connectivity index (χ1v) is 7.61. The van der Waals surface area contributed by atoms with Crippen LogP contribution in [0.1, 0.15) is 31.6 Å². The molecule has 2 rings (SSSR count). The van der Waals surface area contributed by atoms with Crippen LogP contribution in [0, 0.1) is 0 Å². The average Bonchev–Trinajstić information content (AvgIpc) is 2.75. The molecule has 2 aromatic heterocycles. The van der Waals surface area contributed by atoms with Crippen molar-refractivity contribution in [2.75, 3.05) is 13.7 Å². The van der Waals surface area contributed by atoms with Crippen molar-refractivity contribution < 1.29 is 4.74 Å². The lowest BCUT2D eigenvalue weighted by Crippen LogP contribution is -2.17. The van der Waals surface area contributed by atoms with Gasteiger partial charge >= 0.3 is 0 Å². The highest BCUT2D eigenvalue weighted by Crippen LogP contribution is 2.25. The molecule has 0 aliphatic carbocycles. The fraction of sp³-hybridized carbons (Fsp3) is 0.538. The largest absolute Gasteiger partial charge is 0.383 e. The minimum Gasteiger partial charge on any atom is -0.383 e. The molecule has 2 aromatic rings. The number of ether oxygens (including phenoxy) is 1. The summed E-state index contributed by atoms with van der Waals surface area (Å²) in [6.07, 6.45) is 3.88. The Morgan fingerprint density at radius 3 is 2.95 bits per heavy atom. The van der Waals surface area contributed by atoms with Gasteiger partial charge in [-0.05, 0) is 28.4 Å². The van der Waals surface area contributed by atoms with Crippen LogP contribution < -0.4 is 0 Å². The van der Waals surface area contributed by atoms with E-state index in [1.807, 2.05) is 6.07 Å². The van der Waals surface area contributed by atoms with Gasteiger partial charge in [0.1, 0.15) is 11.3 Å². The SMILES string of the molecule is CCCC(COC)n1c(CCl)nc2cc(Br)cnc21. The molecule has 0 aliphatic rings. The summed E-state index contributed by atoms with van der Waals surface area (Å²) in [6.45, 7) is 2.80. The van der Waals surface area contributed by atoms with E-state index in [1.165, 1.54) is 0 Å². The van der Waals surface area contributed by atoms with Gasteiger partial charge in [0, 0.05) is 17.8 Å². The summed E-state index contributed by atoms with van der Waals surface area (Å²) in [5, 5.41) is 0. The van der Waals surface area contributed by atoms with Gasteiger partial charge in [-0.2, -0.15) is 0 Å². The van der Waals surface area contributed by atoms with E-state index >= 15 is 0 Å². The summed E-state index contributed by atoms with van der Waals surface area (Å²) in [6, 6.07) is 2.19. The average molecular weight is 347 g/mol. The molecule has 6 heteroatoms. The zero-order chi connectivity index (χ0) is 13.8. The molecule has 0 fully saturated rings. The van der Waals surface area contributed by atoms with Crippen LogP contribution in [0.2, 0.25) is 0 Å². The highest BCUT2D eigenvalue weighted by molar-refractivity contribution is 9.10. The van der Waals surface area contributed by atoms with Crippen molar-refractivity contribution in [1.29, 1.82) is 0 Å². The van der Waals surface area contributed by atoms with E-state index in [1.54, 1.807) is 13.3 Å². The van der Waals surface area contributed by atoms with Gasteiger partial charge in [-0.25, -0.2) is 9.97 Å². The molecule has 2 heterocycles. The van der Waals surface area contributed by atoms with Crippen LogP contribution in [0.15, 0.2) is 16.7 Å². The fourth-order valence-corrected chi connectivity index (χ4v) is 2.80. The van der Waals surface area contributed by atoms with Crippen molar-refractivity contribution in [1.82, 2.24) is 14.5 Å². The Morgan fingerprint density at radius 1 is 1.53 bits per heavy atom. The monoisotopic (exact) mass is 345 g/mol. The molecule has 0 aromatic carbocycles. The van der Waals surface area contributed by atoms with Gasteiger partial charge in [0.15, 0.2) is 5.65 Å². The van der Waals surface area contributed by atoms with Crippen molar-refractivity contribution in [2.24, 2.45) is 0 Å². The predicted octanol–water partition coefficient (Wildman–Crippen LogP) is 3.92. The third kappa shape index (κ3) is 3.09. The van der Waals surface area contributed by atoms with Crippen molar-refractivity contribution in [3.8, 4) is 0 Å². The zero-order valence-electron chi connectivity index (χ0n) is 11.1. The molecule has 1 atom stereocenters. The number of hydrogen-bond acceptors (Lipinski definition) is 3. The Labute approximate surface area is 126 Å². The number of methoxy groups -OCH3 is 1. The minimum absolute atomic E-state index is 0.224. The first-order chi connectivity index (χ1) is 9.21. The molecule has 104 valence electrons. The molecule has 0 saturated carbocycles. The molecule has 19 heavy (non-hydrogen) atoms. The summed E-state index contributed by atoms with van der Waals surface area (Å²) in [4.78, 5) is 9.03. The van der Waals surface area contributed by atoms with E-state index in [9.17, 15) is 0 Å². The second-order valence-corrected chi connectivity index (χ2v) is 5.61. The maximum absolute atomic E-state index is 6.02. The Morgan fingerprint density at radius 2 is 2.32 bits per heavy atom. The standard InChI is InChI=1S/C13H17BrClN3O/c1-3-4-10(8-19-2)18-12(6-15)17-11-5-9(14)7-16-13(11)18/h5,7,10H,3-4,6,8H2,1-2H3. The van der Waals surface area contributed by atoms with Gasteiger partial charge in [0.2, 0.25) is 0 Å². The normalized spacial score (nSPS) is 13.1.